The molecule has 7 nitrogen and oxygen atoms in total. The van der Waals surface area contributed by atoms with Crippen LogP contribution in [0.15, 0.2) is 60.7 Å². The number of nitrogens with one attached hydrogen (secondary N) is 1. The van der Waals surface area contributed by atoms with Crippen LogP contribution in [0.4, 0.5) is 11.4 Å². The molecule has 2 fully saturated rings. The number of nitrogens with zero attached hydrogens (tertiary/aromatic N) is 4. The van der Waals surface area contributed by atoms with Crippen molar-refractivity contribution in [2.24, 2.45) is 0 Å². The molecule has 5 rings (SSSR count). The summed E-state index contributed by atoms with van der Waals surface area (Å²) in [5.41, 5.74) is 6.38. The van der Waals surface area contributed by atoms with E-state index in [0.29, 0.717) is 0 Å². The number of hydrogen-bond donors (Lipinski definition) is 1. The zero-order valence-electron chi connectivity index (χ0n) is 21.6. The van der Waals surface area contributed by atoms with Crippen molar-refractivity contribution in [2.75, 3.05) is 83.8 Å². The molecule has 0 amide bonds. The number of likely N-dealkylation sites (N-methyl/N-ethyl adjacent to an activating group) is 2. The van der Waals surface area contributed by atoms with Gasteiger partial charge in [0.25, 0.3) is 0 Å². The van der Waals surface area contributed by atoms with Crippen LogP contribution in [-0.4, -0.2) is 94.5 Å². The van der Waals surface area contributed by atoms with E-state index >= 15 is 0 Å². The predicted molar refractivity (Wildman–Crippen MR) is 147 cm³/mol. The molecule has 36 heavy (non-hydrogen) atoms. The van der Waals surface area contributed by atoms with E-state index in [0.717, 1.165) is 86.4 Å². The average molecular weight is 488 g/mol. The molecule has 7 heteroatoms. The van der Waals surface area contributed by atoms with Gasteiger partial charge in [0.15, 0.2) is 0 Å². The Hall–Kier alpha value is -3.13. The minimum Gasteiger partial charge on any atom is -0.497 e. The van der Waals surface area contributed by atoms with Gasteiger partial charge in [0.05, 0.1) is 31.2 Å². The van der Waals surface area contributed by atoms with Crippen LogP contribution in [0.1, 0.15) is 0 Å². The highest BCUT2D eigenvalue weighted by Crippen LogP contribution is 2.30. The van der Waals surface area contributed by atoms with Gasteiger partial charge in [-0.1, -0.05) is 12.1 Å². The maximum atomic E-state index is 5.96. The molecule has 0 bridgehead atoms. The van der Waals surface area contributed by atoms with Crippen LogP contribution >= 0.6 is 0 Å². The molecule has 0 radical (unpaired) electrons. The van der Waals surface area contributed by atoms with Gasteiger partial charge in [0.2, 0.25) is 0 Å². The summed E-state index contributed by atoms with van der Waals surface area (Å²) < 4.78 is 11.3. The Kier molecular flexibility index (Phi) is 7.70. The standard InChI is InChI=1S/C29H37N5O2/c1-32-12-14-34(15-13-32)25-8-4-22(5-9-25)28-18-24(30-20-27-21-33(2)16-17-36-27)19-29(31-28)23-6-10-26(35-3)11-7-23/h4-11,18-19,27H,12-17,20-21H2,1-3H3,(H,30,31). The van der Waals surface area contributed by atoms with Gasteiger partial charge in [0, 0.05) is 68.3 Å². The van der Waals surface area contributed by atoms with E-state index in [1.54, 1.807) is 7.11 Å². The van der Waals surface area contributed by atoms with Gasteiger partial charge in [-0.25, -0.2) is 4.98 Å². The van der Waals surface area contributed by atoms with Crippen LogP contribution in [0.2, 0.25) is 0 Å². The maximum Gasteiger partial charge on any atom is 0.118 e. The Morgan fingerprint density at radius 3 is 2.11 bits per heavy atom. The van der Waals surface area contributed by atoms with Gasteiger partial charge >= 0.3 is 0 Å². The molecule has 3 aromatic rings. The van der Waals surface area contributed by atoms with E-state index < -0.39 is 0 Å². The SMILES string of the molecule is COc1ccc(-c2cc(NCC3CN(C)CCO3)cc(-c3ccc(N4CCN(C)CC4)cc3)n2)cc1. The number of pyridine rings is 1. The first-order valence-corrected chi connectivity index (χ1v) is 12.8. The third kappa shape index (κ3) is 5.98. The first-order chi connectivity index (χ1) is 17.6. The average Bonchev–Trinajstić information content (AvgIpc) is 2.92. The van der Waals surface area contributed by atoms with Gasteiger partial charge in [-0.3, -0.25) is 0 Å². The topological polar surface area (TPSA) is 53.1 Å². The molecule has 2 aliphatic heterocycles. The predicted octanol–water partition coefficient (Wildman–Crippen LogP) is 3.92. The summed E-state index contributed by atoms with van der Waals surface area (Å²) in [6.45, 7) is 7.79. The van der Waals surface area contributed by atoms with Crippen molar-refractivity contribution in [3.8, 4) is 28.3 Å². The fourth-order valence-electron chi connectivity index (χ4n) is 4.82. The highest BCUT2D eigenvalue weighted by atomic mass is 16.5. The summed E-state index contributed by atoms with van der Waals surface area (Å²) >= 11 is 0. The molecule has 1 aromatic heterocycles. The lowest BCUT2D eigenvalue weighted by Crippen LogP contribution is -2.44. The van der Waals surface area contributed by atoms with E-state index in [1.807, 2.05) is 12.1 Å². The van der Waals surface area contributed by atoms with Crippen molar-refractivity contribution in [3.63, 3.8) is 0 Å². The third-order valence-electron chi connectivity index (χ3n) is 7.12. The summed E-state index contributed by atoms with van der Waals surface area (Å²) in [6.07, 6.45) is 0.174. The zero-order chi connectivity index (χ0) is 24.9. The number of rotatable bonds is 7. The largest absolute Gasteiger partial charge is 0.497 e. The summed E-state index contributed by atoms with van der Waals surface area (Å²) in [4.78, 5) is 12.2. The van der Waals surface area contributed by atoms with E-state index in [9.17, 15) is 0 Å². The van der Waals surface area contributed by atoms with Crippen LogP contribution in [0, 0.1) is 0 Å². The fraction of sp³-hybridized carbons (Fsp3) is 0.414. The van der Waals surface area contributed by atoms with Gasteiger partial charge < -0.3 is 29.5 Å². The molecule has 1 unspecified atom stereocenters. The fourth-order valence-corrected chi connectivity index (χ4v) is 4.82. The second-order valence-electron chi connectivity index (χ2n) is 9.83. The number of hydrogen-bond acceptors (Lipinski definition) is 7. The van der Waals surface area contributed by atoms with Crippen molar-refractivity contribution in [1.82, 2.24) is 14.8 Å². The summed E-state index contributed by atoms with van der Waals surface area (Å²) in [5, 5.41) is 3.62. The molecule has 3 heterocycles. The Balaban J connectivity index is 1.40. The minimum absolute atomic E-state index is 0.174. The summed E-state index contributed by atoms with van der Waals surface area (Å²) in [5.74, 6) is 0.839. The second kappa shape index (κ2) is 11.3. The van der Waals surface area contributed by atoms with E-state index in [-0.39, 0.29) is 6.10 Å². The number of ether oxygens (including phenoxy) is 2. The monoisotopic (exact) mass is 487 g/mol. The number of piperazine rings is 1. The molecule has 0 saturated carbocycles. The Labute approximate surface area is 214 Å². The first-order valence-electron chi connectivity index (χ1n) is 12.8. The molecule has 2 saturated heterocycles. The van der Waals surface area contributed by atoms with Crippen molar-refractivity contribution in [1.29, 1.82) is 0 Å². The Morgan fingerprint density at radius 2 is 1.50 bits per heavy atom. The lowest BCUT2D eigenvalue weighted by Gasteiger charge is -2.34. The molecule has 0 aliphatic carbocycles. The van der Waals surface area contributed by atoms with E-state index in [4.69, 9.17) is 14.5 Å². The Bertz CT molecular complexity index is 1130. The number of aromatic nitrogens is 1. The van der Waals surface area contributed by atoms with Crippen LogP contribution in [0.5, 0.6) is 5.75 Å². The minimum atomic E-state index is 0.174. The van der Waals surface area contributed by atoms with Crippen LogP contribution < -0.4 is 15.0 Å². The number of methoxy groups -OCH3 is 1. The maximum absolute atomic E-state index is 5.96. The van der Waals surface area contributed by atoms with Crippen LogP contribution in [0.3, 0.4) is 0 Å². The van der Waals surface area contributed by atoms with Gasteiger partial charge in [-0.2, -0.15) is 0 Å². The van der Waals surface area contributed by atoms with Crippen molar-refractivity contribution in [2.45, 2.75) is 6.10 Å². The normalized spacial score (nSPS) is 19.3. The summed E-state index contributed by atoms with van der Waals surface area (Å²) in [7, 11) is 6.02. The zero-order valence-corrected chi connectivity index (χ0v) is 21.6. The quantitative estimate of drug-likeness (QED) is 0.542. The molecule has 190 valence electrons. The van der Waals surface area contributed by atoms with Crippen molar-refractivity contribution >= 4 is 11.4 Å². The van der Waals surface area contributed by atoms with Crippen molar-refractivity contribution in [3.05, 3.63) is 60.7 Å². The van der Waals surface area contributed by atoms with Gasteiger partial charge in [-0.15, -0.1) is 0 Å². The number of anilines is 2. The lowest BCUT2D eigenvalue weighted by atomic mass is 10.1. The van der Waals surface area contributed by atoms with Crippen LogP contribution in [-0.2, 0) is 4.74 Å². The second-order valence-corrected chi connectivity index (χ2v) is 9.83. The highest BCUT2D eigenvalue weighted by Gasteiger charge is 2.18. The first kappa shape index (κ1) is 24.6. The number of morpholine rings is 1. The molecule has 0 spiro atoms. The number of benzene rings is 2. The van der Waals surface area contributed by atoms with E-state index in [1.165, 1.54) is 5.69 Å². The molecule has 1 atom stereocenters. The van der Waals surface area contributed by atoms with Crippen molar-refractivity contribution < 1.29 is 9.47 Å². The smallest absolute Gasteiger partial charge is 0.118 e. The Morgan fingerprint density at radius 1 is 0.861 bits per heavy atom. The lowest BCUT2D eigenvalue weighted by molar-refractivity contribution is -0.0117. The van der Waals surface area contributed by atoms with Gasteiger partial charge in [0.1, 0.15) is 5.75 Å². The molecule has 2 aliphatic rings. The van der Waals surface area contributed by atoms with Crippen LogP contribution in [0.25, 0.3) is 22.5 Å². The van der Waals surface area contributed by atoms with E-state index in [2.05, 4.69) is 82.6 Å². The molecule has 1 N–H and O–H groups in total. The molecular weight excluding hydrogens is 450 g/mol. The summed E-state index contributed by atoms with van der Waals surface area (Å²) in [6, 6.07) is 21.2. The highest BCUT2D eigenvalue weighted by molar-refractivity contribution is 5.73. The third-order valence-corrected chi connectivity index (χ3v) is 7.12. The van der Waals surface area contributed by atoms with Gasteiger partial charge in [-0.05, 0) is 62.6 Å². The molecular formula is C29H37N5O2. The molecule has 2 aromatic carbocycles.